The van der Waals surface area contributed by atoms with Gasteiger partial charge in [0.2, 0.25) is 5.89 Å². The first-order valence-electron chi connectivity index (χ1n) is 12.3. The number of nitrogen functional groups attached to an aromatic ring is 1. The maximum atomic E-state index is 8.56. The summed E-state index contributed by atoms with van der Waals surface area (Å²) in [4.78, 5) is 28.9. The van der Waals surface area contributed by atoms with Crippen molar-refractivity contribution >= 4 is 18.1 Å². The van der Waals surface area contributed by atoms with Crippen LogP contribution >= 0.6 is 0 Å². The Bertz CT molecular complexity index is 1280. The third-order valence-corrected chi connectivity index (χ3v) is 3.18. The Morgan fingerprint density at radius 3 is 1.60 bits per heavy atom. The van der Waals surface area contributed by atoms with E-state index in [1.165, 1.54) is 12.4 Å². The van der Waals surface area contributed by atoms with Gasteiger partial charge in [-0.1, -0.05) is 59.7 Å². The average molecular weight is 584 g/mol. The average Bonchev–Trinajstić information content (AvgIpc) is 3.39. The summed E-state index contributed by atoms with van der Waals surface area (Å²) in [6.45, 7) is 13.0. The van der Waals surface area contributed by atoms with Gasteiger partial charge in [-0.15, -0.1) is 10.2 Å². The van der Waals surface area contributed by atoms with E-state index in [4.69, 9.17) is 45.4 Å². The topological polar surface area (TPSA) is 242 Å². The van der Waals surface area contributed by atoms with E-state index in [0.717, 1.165) is 17.4 Å². The molecule has 0 aliphatic heterocycles. The first kappa shape index (κ1) is 38.6. The lowest BCUT2D eigenvalue weighted by Crippen LogP contribution is -1.95. The van der Waals surface area contributed by atoms with Crippen LogP contribution in [0, 0.1) is 23.2 Å². The maximum Gasteiger partial charge on any atom is 0.503 e. The van der Waals surface area contributed by atoms with E-state index in [1.54, 1.807) is 24.5 Å². The van der Waals surface area contributed by atoms with Gasteiger partial charge in [0.25, 0.3) is 5.89 Å². The highest BCUT2D eigenvalue weighted by atomic mass is 16.6. The largest absolute Gasteiger partial charge is 0.503 e. The molecular formula is C28H37N7O7. The molecule has 0 atom stereocenters. The molecule has 226 valence electrons. The number of anilines is 1. The van der Waals surface area contributed by atoms with Crippen LogP contribution in [0.15, 0.2) is 71.7 Å². The molecule has 42 heavy (non-hydrogen) atoms. The molecule has 0 spiro atoms. The highest BCUT2D eigenvalue weighted by molar-refractivity contribution is 5.63. The fourth-order valence-electron chi connectivity index (χ4n) is 1.96. The minimum absolute atomic E-state index is 0.263. The predicted molar refractivity (Wildman–Crippen MR) is 156 cm³/mol. The zero-order chi connectivity index (χ0) is 32.5. The van der Waals surface area contributed by atoms with Crippen molar-refractivity contribution < 1.29 is 34.4 Å². The van der Waals surface area contributed by atoms with Gasteiger partial charge in [-0.05, 0) is 36.1 Å². The Balaban J connectivity index is 0. The smallest absolute Gasteiger partial charge is 0.450 e. The van der Waals surface area contributed by atoms with Crippen LogP contribution in [0.1, 0.15) is 47.1 Å². The zero-order valence-corrected chi connectivity index (χ0v) is 24.3. The number of pyridine rings is 1. The van der Waals surface area contributed by atoms with Crippen molar-refractivity contribution in [2.75, 3.05) is 5.73 Å². The van der Waals surface area contributed by atoms with E-state index in [-0.39, 0.29) is 11.7 Å². The van der Waals surface area contributed by atoms with E-state index in [0.29, 0.717) is 17.1 Å². The molecule has 0 amide bonds. The third-order valence-electron chi connectivity index (χ3n) is 3.18. The number of hydrogen-bond acceptors (Lipinski definition) is 10. The van der Waals surface area contributed by atoms with Crippen molar-refractivity contribution in [3.8, 4) is 29.1 Å². The van der Waals surface area contributed by atoms with Crippen LogP contribution in [0.4, 0.5) is 15.4 Å². The molecule has 6 N–H and O–H groups in total. The summed E-state index contributed by atoms with van der Waals surface area (Å²) in [5.74, 6) is 2.62. The number of carboxylic acid groups (broad SMARTS) is 4. The number of hydrogen-bond donors (Lipinski definition) is 5. The van der Waals surface area contributed by atoms with Crippen molar-refractivity contribution in [3.05, 3.63) is 72.8 Å². The summed E-state index contributed by atoms with van der Waals surface area (Å²) < 4.78 is 5.53. The van der Waals surface area contributed by atoms with Crippen molar-refractivity contribution in [2.45, 2.75) is 41.5 Å². The Hall–Kier alpha value is -5.58. The molecule has 0 aliphatic carbocycles. The molecule has 4 aromatic rings. The Labute approximate surface area is 244 Å². The molecule has 0 radical (unpaired) electrons. The zero-order valence-electron chi connectivity index (χ0n) is 24.3. The number of carbonyl (C=O) groups is 2. The fraction of sp³-hybridized carbons (Fsp3) is 0.286. The van der Waals surface area contributed by atoms with E-state index in [9.17, 15) is 0 Å². The molecule has 0 unspecified atom stereocenters. The fourth-order valence-corrected chi connectivity index (χ4v) is 1.96. The van der Waals surface area contributed by atoms with Gasteiger partial charge in [-0.25, -0.2) is 19.6 Å². The van der Waals surface area contributed by atoms with Gasteiger partial charge in [0, 0.05) is 30.4 Å². The summed E-state index contributed by atoms with van der Waals surface area (Å²) >= 11 is 0. The van der Waals surface area contributed by atoms with Crippen LogP contribution in [0.2, 0.25) is 0 Å². The normalized spacial score (nSPS) is 8.83. The van der Waals surface area contributed by atoms with Crippen LogP contribution in [0.3, 0.4) is 0 Å². The van der Waals surface area contributed by atoms with Crippen molar-refractivity contribution in [2.24, 2.45) is 11.8 Å². The summed E-state index contributed by atoms with van der Waals surface area (Å²) in [6, 6.07) is 14.8. The van der Waals surface area contributed by atoms with Gasteiger partial charge in [-0.2, -0.15) is 5.26 Å². The number of aromatic nitrogens is 5. The Morgan fingerprint density at radius 2 is 1.19 bits per heavy atom. The minimum Gasteiger partial charge on any atom is -0.450 e. The molecule has 0 saturated carbocycles. The van der Waals surface area contributed by atoms with Gasteiger partial charge in [-0.3, -0.25) is 4.98 Å². The van der Waals surface area contributed by atoms with E-state index >= 15 is 0 Å². The monoisotopic (exact) mass is 583 g/mol. The summed E-state index contributed by atoms with van der Waals surface area (Å²) in [5.41, 5.74) is 7.59. The highest BCUT2D eigenvalue weighted by Gasteiger charge is 2.14. The second-order valence-electron chi connectivity index (χ2n) is 8.95. The standard InChI is InChI=1S/C12H9N5O.C6H4N2.2C4H10.2CH2O3/c13-10-9(14-6-7-15-10)12-17-16-11(18-12)8-4-2-1-3-5-8;7-5-6-1-3-8-4-2-6;2*1-4(2)3;2*2-1(3)4/h1-7H,(H2,13,15);1-4H;2*4H,1-3H3;2*(H2,2,3,4). The van der Waals surface area contributed by atoms with Crippen LogP contribution in [-0.4, -0.2) is 57.9 Å². The van der Waals surface area contributed by atoms with Crippen LogP contribution < -0.4 is 5.73 Å². The second kappa shape index (κ2) is 23.3. The van der Waals surface area contributed by atoms with Crippen molar-refractivity contribution in [1.82, 2.24) is 25.1 Å². The molecular weight excluding hydrogens is 546 g/mol. The molecule has 14 nitrogen and oxygen atoms in total. The van der Waals surface area contributed by atoms with Crippen LogP contribution in [0.25, 0.3) is 23.0 Å². The van der Waals surface area contributed by atoms with Crippen molar-refractivity contribution in [1.29, 1.82) is 5.26 Å². The SMILES string of the molecule is CC(C)C.CC(C)C.N#Cc1ccncc1.Nc1nccnc1-c1nnc(-c2ccccc2)o1.O=C(O)O.O=C(O)O. The molecule has 0 fully saturated rings. The number of benzene rings is 1. The van der Waals surface area contributed by atoms with E-state index in [1.807, 2.05) is 36.4 Å². The number of nitriles is 1. The Kier molecular flexibility index (Phi) is 21.4. The molecule has 14 heteroatoms. The van der Waals surface area contributed by atoms with Gasteiger partial charge in [0.05, 0.1) is 11.6 Å². The lowest BCUT2D eigenvalue weighted by Gasteiger charge is -1.96. The first-order valence-corrected chi connectivity index (χ1v) is 12.3. The van der Waals surface area contributed by atoms with Crippen LogP contribution in [0.5, 0.6) is 0 Å². The molecule has 1 aromatic carbocycles. The van der Waals surface area contributed by atoms with E-state index < -0.39 is 12.3 Å². The molecule has 4 rings (SSSR count). The molecule has 3 aromatic heterocycles. The van der Waals surface area contributed by atoms with Gasteiger partial charge >= 0.3 is 12.3 Å². The molecule has 0 aliphatic rings. The number of nitrogens with zero attached hydrogens (tertiary/aromatic N) is 6. The Morgan fingerprint density at radius 1 is 0.762 bits per heavy atom. The van der Waals surface area contributed by atoms with E-state index in [2.05, 4.69) is 66.7 Å². The van der Waals surface area contributed by atoms with Crippen LogP contribution in [-0.2, 0) is 0 Å². The summed E-state index contributed by atoms with van der Waals surface area (Å²) in [5, 5.41) is 44.0. The van der Waals surface area contributed by atoms with Gasteiger partial charge < -0.3 is 30.6 Å². The minimum atomic E-state index is -1.83. The number of rotatable bonds is 2. The molecule has 0 saturated heterocycles. The summed E-state index contributed by atoms with van der Waals surface area (Å²) in [6.07, 6.45) is 2.56. The van der Waals surface area contributed by atoms with Gasteiger partial charge in [0.15, 0.2) is 11.5 Å². The quantitative estimate of drug-likeness (QED) is 0.169. The highest BCUT2D eigenvalue weighted by Crippen LogP contribution is 2.24. The lowest BCUT2D eigenvalue weighted by atomic mass is 10.2. The van der Waals surface area contributed by atoms with Crippen molar-refractivity contribution in [3.63, 3.8) is 0 Å². The summed E-state index contributed by atoms with van der Waals surface area (Å²) in [7, 11) is 0. The molecule has 0 bridgehead atoms. The third kappa shape index (κ3) is 23.5. The lowest BCUT2D eigenvalue weighted by molar-refractivity contribution is 0.135. The first-order chi connectivity index (χ1) is 19.7. The maximum absolute atomic E-state index is 8.56. The predicted octanol–water partition coefficient (Wildman–Crippen LogP) is 6.50. The molecule has 3 heterocycles. The number of nitrogens with two attached hydrogens (primary N) is 1. The second-order valence-corrected chi connectivity index (χ2v) is 8.95. The van der Waals surface area contributed by atoms with Gasteiger partial charge in [0.1, 0.15) is 0 Å².